The van der Waals surface area contributed by atoms with Crippen LogP contribution >= 0.6 is 0 Å². The number of urea groups is 1. The van der Waals surface area contributed by atoms with Gasteiger partial charge in [0, 0.05) is 11.5 Å². The van der Waals surface area contributed by atoms with Crippen LogP contribution in [-0.4, -0.2) is 22.4 Å². The van der Waals surface area contributed by atoms with Gasteiger partial charge in [-0.1, -0.05) is 31.9 Å². The molecule has 1 aromatic heterocycles. The highest BCUT2D eigenvalue weighted by atomic mass is 16.4. The maximum Gasteiger partial charge on any atom is 0.336 e. The molecule has 1 aromatic carbocycles. The number of amides is 3. The molecule has 1 saturated carbocycles. The molecule has 2 heterocycles. The number of carbonyl (C=O) groups excluding carboxylic acids is 2. The molecule has 0 radical (unpaired) electrons. The minimum atomic E-state index is -0.734. The van der Waals surface area contributed by atoms with Gasteiger partial charge in [-0.05, 0) is 36.5 Å². The van der Waals surface area contributed by atoms with Crippen LogP contribution in [-0.2, 0) is 17.8 Å². The summed E-state index contributed by atoms with van der Waals surface area (Å²) in [6.45, 7) is 2.11. The van der Waals surface area contributed by atoms with Crippen LogP contribution in [0.2, 0.25) is 0 Å². The second-order valence-corrected chi connectivity index (χ2v) is 6.89. The van der Waals surface area contributed by atoms with Crippen molar-refractivity contribution in [3.05, 3.63) is 45.8 Å². The van der Waals surface area contributed by atoms with Gasteiger partial charge in [0.1, 0.15) is 11.1 Å². The number of nitrogens with zero attached hydrogens (tertiary/aromatic N) is 1. The minimum absolute atomic E-state index is 0.0833. The van der Waals surface area contributed by atoms with Crippen LogP contribution in [0.3, 0.4) is 0 Å². The molecule has 1 N–H and O–H groups in total. The summed E-state index contributed by atoms with van der Waals surface area (Å²) in [6, 6.07) is 6.68. The minimum Gasteiger partial charge on any atom is -0.423 e. The number of hydrogen-bond acceptors (Lipinski definition) is 4. The van der Waals surface area contributed by atoms with Crippen molar-refractivity contribution in [2.24, 2.45) is 0 Å². The summed E-state index contributed by atoms with van der Waals surface area (Å²) in [7, 11) is 0. The highest BCUT2D eigenvalue weighted by Crippen LogP contribution is 2.36. The molecule has 6 heteroatoms. The lowest BCUT2D eigenvalue weighted by molar-refractivity contribution is -0.131. The van der Waals surface area contributed by atoms with Gasteiger partial charge in [-0.25, -0.2) is 9.59 Å². The van der Waals surface area contributed by atoms with E-state index in [9.17, 15) is 14.4 Å². The second-order valence-electron chi connectivity index (χ2n) is 6.89. The third kappa shape index (κ3) is 2.52. The van der Waals surface area contributed by atoms with Crippen LogP contribution in [0.5, 0.6) is 0 Å². The Labute approximate surface area is 144 Å². The fourth-order valence-corrected chi connectivity index (χ4v) is 3.93. The van der Waals surface area contributed by atoms with Crippen LogP contribution in [0, 0.1) is 0 Å². The number of fused-ring (bicyclic) bond motifs is 1. The quantitative estimate of drug-likeness (QED) is 0.688. The van der Waals surface area contributed by atoms with Gasteiger partial charge >= 0.3 is 11.7 Å². The molecule has 3 amide bonds. The molecule has 0 unspecified atom stereocenters. The Balaban J connectivity index is 1.72. The molecule has 2 aromatic rings. The van der Waals surface area contributed by atoms with Gasteiger partial charge in [-0.2, -0.15) is 0 Å². The molecule has 1 saturated heterocycles. The Hall–Kier alpha value is -2.63. The third-order valence-electron chi connectivity index (χ3n) is 5.33. The Morgan fingerprint density at radius 2 is 1.92 bits per heavy atom. The molecule has 4 rings (SSSR count). The van der Waals surface area contributed by atoms with Gasteiger partial charge in [0.05, 0.1) is 6.54 Å². The summed E-state index contributed by atoms with van der Waals surface area (Å²) in [5.74, 6) is -0.179. The van der Waals surface area contributed by atoms with Gasteiger partial charge in [-0.15, -0.1) is 0 Å². The van der Waals surface area contributed by atoms with Crippen LogP contribution in [0.4, 0.5) is 4.79 Å². The lowest BCUT2D eigenvalue weighted by Crippen LogP contribution is -2.44. The smallest absolute Gasteiger partial charge is 0.336 e. The number of nitrogens with one attached hydrogen (secondary N) is 1. The lowest BCUT2D eigenvalue weighted by atomic mass is 9.98. The van der Waals surface area contributed by atoms with Crippen molar-refractivity contribution < 1.29 is 14.0 Å². The van der Waals surface area contributed by atoms with E-state index in [0.717, 1.165) is 30.2 Å². The average molecular weight is 340 g/mol. The summed E-state index contributed by atoms with van der Waals surface area (Å²) in [5.41, 5.74) is 0.977. The molecule has 25 heavy (non-hydrogen) atoms. The molecule has 2 aliphatic rings. The standard InChI is InChI=1S/C19H20N2O4/c1-2-12-5-6-14-13(10-16(22)25-15(14)9-12)11-21-17(23)19(20-18(21)24)7-3-4-8-19/h5-6,9-10H,2-4,7-8,11H2,1H3,(H,20,24). The number of aryl methyl sites for hydroxylation is 1. The highest BCUT2D eigenvalue weighted by Gasteiger charge is 2.52. The third-order valence-corrected chi connectivity index (χ3v) is 5.33. The molecule has 6 nitrogen and oxygen atoms in total. The number of carbonyl (C=O) groups is 2. The molecule has 0 atom stereocenters. The van der Waals surface area contributed by atoms with Crippen molar-refractivity contribution in [1.82, 2.24) is 10.2 Å². The Morgan fingerprint density at radius 1 is 1.16 bits per heavy atom. The SMILES string of the molecule is CCc1ccc2c(CN3C(=O)NC4(CCCC4)C3=O)cc(=O)oc2c1. The van der Waals surface area contributed by atoms with E-state index in [2.05, 4.69) is 5.32 Å². The van der Waals surface area contributed by atoms with Gasteiger partial charge in [-0.3, -0.25) is 9.69 Å². The molecule has 130 valence electrons. The van der Waals surface area contributed by atoms with Crippen molar-refractivity contribution in [3.63, 3.8) is 0 Å². The Kier molecular flexibility index (Phi) is 3.63. The zero-order valence-electron chi connectivity index (χ0n) is 14.1. The summed E-state index contributed by atoms with van der Waals surface area (Å²) in [6.07, 6.45) is 4.09. The molecule has 1 spiro atoms. The number of benzene rings is 1. The monoisotopic (exact) mass is 340 g/mol. The predicted molar refractivity (Wildman–Crippen MR) is 92.1 cm³/mol. The van der Waals surface area contributed by atoms with Gasteiger partial charge in [0.25, 0.3) is 5.91 Å². The Morgan fingerprint density at radius 3 is 2.64 bits per heavy atom. The van der Waals surface area contributed by atoms with Crippen LogP contribution < -0.4 is 10.9 Å². The fourth-order valence-electron chi connectivity index (χ4n) is 3.93. The first-order valence-corrected chi connectivity index (χ1v) is 8.72. The normalized spacial score (nSPS) is 19.2. The first kappa shape index (κ1) is 15.9. The van der Waals surface area contributed by atoms with E-state index >= 15 is 0 Å². The molecule has 1 aliphatic carbocycles. The van der Waals surface area contributed by atoms with E-state index in [1.54, 1.807) is 0 Å². The maximum absolute atomic E-state index is 12.8. The molecular weight excluding hydrogens is 320 g/mol. The summed E-state index contributed by atoms with van der Waals surface area (Å²) < 4.78 is 5.30. The van der Waals surface area contributed by atoms with E-state index in [-0.39, 0.29) is 18.5 Å². The zero-order valence-corrected chi connectivity index (χ0v) is 14.1. The summed E-state index contributed by atoms with van der Waals surface area (Å²) in [5, 5.41) is 3.62. The van der Waals surface area contributed by atoms with E-state index in [0.29, 0.717) is 24.0 Å². The van der Waals surface area contributed by atoms with Gasteiger partial charge in [0.2, 0.25) is 0 Å². The first-order chi connectivity index (χ1) is 12.0. The summed E-state index contributed by atoms with van der Waals surface area (Å²) >= 11 is 0. The molecule has 2 fully saturated rings. The lowest BCUT2D eigenvalue weighted by Gasteiger charge is -2.20. The number of imide groups is 1. The molecular formula is C19H20N2O4. The van der Waals surface area contributed by atoms with Crippen molar-refractivity contribution >= 4 is 22.9 Å². The van der Waals surface area contributed by atoms with Crippen LogP contribution in [0.1, 0.15) is 43.7 Å². The highest BCUT2D eigenvalue weighted by molar-refractivity contribution is 6.07. The Bertz CT molecular complexity index is 925. The van der Waals surface area contributed by atoms with Crippen molar-refractivity contribution in [1.29, 1.82) is 0 Å². The van der Waals surface area contributed by atoms with E-state index in [4.69, 9.17) is 4.42 Å². The van der Waals surface area contributed by atoms with Gasteiger partial charge in [0.15, 0.2) is 0 Å². The maximum atomic E-state index is 12.8. The number of hydrogen-bond donors (Lipinski definition) is 1. The van der Waals surface area contributed by atoms with Crippen LogP contribution in [0.15, 0.2) is 33.5 Å². The summed E-state index contributed by atoms with van der Waals surface area (Å²) in [4.78, 5) is 38.3. The van der Waals surface area contributed by atoms with Crippen LogP contribution in [0.25, 0.3) is 11.0 Å². The second kappa shape index (κ2) is 5.72. The molecule has 0 bridgehead atoms. The largest absolute Gasteiger partial charge is 0.423 e. The fraction of sp³-hybridized carbons (Fsp3) is 0.421. The van der Waals surface area contributed by atoms with Gasteiger partial charge < -0.3 is 9.73 Å². The number of rotatable bonds is 3. The zero-order chi connectivity index (χ0) is 17.6. The molecule has 1 aliphatic heterocycles. The van der Waals surface area contributed by atoms with Crippen molar-refractivity contribution in [2.45, 2.75) is 51.1 Å². The van der Waals surface area contributed by atoms with E-state index in [1.165, 1.54) is 11.0 Å². The van der Waals surface area contributed by atoms with Crippen molar-refractivity contribution in [3.8, 4) is 0 Å². The first-order valence-electron chi connectivity index (χ1n) is 8.72. The average Bonchev–Trinajstić information content (AvgIpc) is 3.15. The topological polar surface area (TPSA) is 79.6 Å². The van der Waals surface area contributed by atoms with E-state index in [1.807, 2.05) is 25.1 Å². The van der Waals surface area contributed by atoms with E-state index < -0.39 is 11.2 Å². The predicted octanol–water partition coefficient (Wildman–Crippen LogP) is 2.72. The van der Waals surface area contributed by atoms with Crippen molar-refractivity contribution in [2.75, 3.05) is 0 Å².